The van der Waals surface area contributed by atoms with Crippen LogP contribution in [0.1, 0.15) is 5.56 Å². The highest BCUT2D eigenvalue weighted by Crippen LogP contribution is 2.24. The van der Waals surface area contributed by atoms with Gasteiger partial charge in [0.25, 0.3) is 0 Å². The number of halogens is 1. The number of amides is 1. The first-order chi connectivity index (χ1) is 8.70. The molecule has 0 N–H and O–H groups in total. The molecule has 0 aromatic heterocycles. The molecule has 5 heteroatoms. The van der Waals surface area contributed by atoms with Crippen molar-refractivity contribution < 1.29 is 9.53 Å². The second-order valence-electron chi connectivity index (χ2n) is 4.13. The van der Waals surface area contributed by atoms with Gasteiger partial charge in [-0.25, -0.2) is 0 Å². The first-order valence-corrected chi connectivity index (χ1v) is 7.42. The van der Waals surface area contributed by atoms with E-state index in [9.17, 15) is 4.79 Å². The van der Waals surface area contributed by atoms with Crippen molar-refractivity contribution in [3.8, 4) is 5.75 Å². The van der Waals surface area contributed by atoms with Gasteiger partial charge in [0, 0.05) is 35.2 Å². The molecule has 1 heterocycles. The Bertz CT molecular complexity index is 433. The number of carbonyl (C=O) groups excluding carboxylic acids is 1. The van der Waals surface area contributed by atoms with Crippen molar-refractivity contribution in [2.45, 2.75) is 6.42 Å². The molecule has 1 aliphatic heterocycles. The van der Waals surface area contributed by atoms with Gasteiger partial charge in [0.15, 0.2) is 0 Å². The van der Waals surface area contributed by atoms with E-state index in [0.717, 1.165) is 35.9 Å². The Kier molecular flexibility index (Phi) is 4.78. The van der Waals surface area contributed by atoms with Gasteiger partial charge in [-0.05, 0) is 18.2 Å². The lowest BCUT2D eigenvalue weighted by Gasteiger charge is -2.26. The van der Waals surface area contributed by atoms with Crippen molar-refractivity contribution >= 4 is 29.3 Å². The average Bonchev–Trinajstić information content (AvgIpc) is 2.40. The minimum absolute atomic E-state index is 0.149. The van der Waals surface area contributed by atoms with Crippen molar-refractivity contribution in [3.63, 3.8) is 0 Å². The van der Waals surface area contributed by atoms with Crippen molar-refractivity contribution in [1.82, 2.24) is 4.90 Å². The molecule has 0 unspecified atom stereocenters. The van der Waals surface area contributed by atoms with Gasteiger partial charge in [-0.2, -0.15) is 11.8 Å². The Morgan fingerprint density at radius 2 is 2.17 bits per heavy atom. The predicted octanol–water partition coefficient (Wildman–Crippen LogP) is 2.47. The Balaban J connectivity index is 2.07. The molecule has 1 aromatic carbocycles. The van der Waals surface area contributed by atoms with Crippen LogP contribution in [0.5, 0.6) is 5.75 Å². The highest BCUT2D eigenvalue weighted by atomic mass is 35.5. The second-order valence-corrected chi connectivity index (χ2v) is 5.79. The van der Waals surface area contributed by atoms with E-state index in [4.69, 9.17) is 16.3 Å². The molecule has 2 rings (SSSR count). The highest BCUT2D eigenvalue weighted by molar-refractivity contribution is 7.99. The third kappa shape index (κ3) is 3.33. The molecule has 0 atom stereocenters. The summed E-state index contributed by atoms with van der Waals surface area (Å²) in [5.41, 5.74) is 0.855. The summed E-state index contributed by atoms with van der Waals surface area (Å²) in [6.45, 7) is 1.68. The van der Waals surface area contributed by atoms with Gasteiger partial charge in [-0.3, -0.25) is 4.79 Å². The molecule has 0 aliphatic carbocycles. The summed E-state index contributed by atoms with van der Waals surface area (Å²) in [4.78, 5) is 14.1. The third-order valence-electron chi connectivity index (χ3n) is 2.95. The number of benzene rings is 1. The fourth-order valence-electron chi connectivity index (χ4n) is 1.97. The van der Waals surface area contributed by atoms with Crippen molar-refractivity contribution in [2.24, 2.45) is 0 Å². The summed E-state index contributed by atoms with van der Waals surface area (Å²) in [6.07, 6.45) is 0.356. The van der Waals surface area contributed by atoms with Gasteiger partial charge in [-0.1, -0.05) is 11.6 Å². The number of hydrogen-bond acceptors (Lipinski definition) is 3. The van der Waals surface area contributed by atoms with Crippen LogP contribution in [-0.2, 0) is 11.2 Å². The topological polar surface area (TPSA) is 29.5 Å². The summed E-state index contributed by atoms with van der Waals surface area (Å²) in [5, 5.41) is 0.632. The first kappa shape index (κ1) is 13.6. The highest BCUT2D eigenvalue weighted by Gasteiger charge is 2.18. The van der Waals surface area contributed by atoms with Crippen LogP contribution in [0.3, 0.4) is 0 Å². The van der Waals surface area contributed by atoms with Gasteiger partial charge < -0.3 is 9.64 Å². The number of hydrogen-bond donors (Lipinski definition) is 0. The SMILES string of the molecule is COc1ccc(Cl)cc1CC(=O)N1CCSCC1. The maximum Gasteiger partial charge on any atom is 0.227 e. The summed E-state index contributed by atoms with van der Waals surface area (Å²) in [6, 6.07) is 5.37. The van der Waals surface area contributed by atoms with E-state index in [-0.39, 0.29) is 5.91 Å². The van der Waals surface area contributed by atoms with E-state index in [1.807, 2.05) is 16.7 Å². The number of nitrogens with zero attached hydrogens (tertiary/aromatic N) is 1. The molecule has 1 aliphatic rings. The molecule has 0 saturated carbocycles. The van der Waals surface area contributed by atoms with Crippen molar-refractivity contribution in [3.05, 3.63) is 28.8 Å². The summed E-state index contributed by atoms with van der Waals surface area (Å²) in [5.74, 6) is 2.92. The largest absolute Gasteiger partial charge is 0.496 e. The molecular formula is C13H16ClNO2S. The van der Waals surface area contributed by atoms with Crippen LogP contribution in [0.2, 0.25) is 5.02 Å². The summed E-state index contributed by atoms with van der Waals surface area (Å²) >= 11 is 7.85. The molecule has 1 saturated heterocycles. The van der Waals surface area contributed by atoms with Crippen LogP contribution in [0.4, 0.5) is 0 Å². The Labute approximate surface area is 116 Å². The predicted molar refractivity (Wildman–Crippen MR) is 75.6 cm³/mol. The smallest absolute Gasteiger partial charge is 0.227 e. The minimum atomic E-state index is 0.149. The fourth-order valence-corrected chi connectivity index (χ4v) is 3.07. The number of ether oxygens (including phenoxy) is 1. The number of thioether (sulfide) groups is 1. The normalized spacial score (nSPS) is 15.6. The van der Waals surface area contributed by atoms with Crippen molar-refractivity contribution in [2.75, 3.05) is 31.7 Å². The van der Waals surface area contributed by atoms with Crippen LogP contribution in [-0.4, -0.2) is 42.5 Å². The van der Waals surface area contributed by atoms with Crippen LogP contribution in [0.25, 0.3) is 0 Å². The zero-order valence-corrected chi connectivity index (χ0v) is 11.9. The maximum atomic E-state index is 12.2. The lowest BCUT2D eigenvalue weighted by atomic mass is 10.1. The van der Waals surface area contributed by atoms with E-state index in [2.05, 4.69) is 0 Å². The van der Waals surface area contributed by atoms with E-state index in [1.165, 1.54) is 0 Å². The minimum Gasteiger partial charge on any atom is -0.496 e. The molecule has 0 radical (unpaired) electrons. The molecule has 18 heavy (non-hydrogen) atoms. The van der Waals surface area contributed by atoms with Crippen LogP contribution < -0.4 is 4.74 Å². The molecule has 3 nitrogen and oxygen atoms in total. The van der Waals surface area contributed by atoms with Crippen molar-refractivity contribution in [1.29, 1.82) is 0 Å². The second kappa shape index (κ2) is 6.34. The van der Waals surface area contributed by atoms with E-state index >= 15 is 0 Å². The fraction of sp³-hybridized carbons (Fsp3) is 0.462. The summed E-state index contributed by atoms with van der Waals surface area (Å²) < 4.78 is 5.26. The molecule has 98 valence electrons. The Morgan fingerprint density at radius 3 is 2.83 bits per heavy atom. The molecule has 1 fully saturated rings. The zero-order chi connectivity index (χ0) is 13.0. The van der Waals surface area contributed by atoms with Crippen LogP contribution in [0.15, 0.2) is 18.2 Å². The quantitative estimate of drug-likeness (QED) is 0.854. The average molecular weight is 286 g/mol. The number of rotatable bonds is 3. The summed E-state index contributed by atoms with van der Waals surface area (Å²) in [7, 11) is 1.61. The monoisotopic (exact) mass is 285 g/mol. The molecular weight excluding hydrogens is 270 g/mol. The van der Waals surface area contributed by atoms with Crippen LogP contribution >= 0.6 is 23.4 Å². The maximum absolute atomic E-state index is 12.2. The molecule has 0 bridgehead atoms. The van der Waals surface area contributed by atoms with Gasteiger partial charge in [-0.15, -0.1) is 0 Å². The molecule has 1 aromatic rings. The van der Waals surface area contributed by atoms with Gasteiger partial charge in [0.05, 0.1) is 13.5 Å². The number of methoxy groups -OCH3 is 1. The Hall–Kier alpha value is -0.870. The lowest BCUT2D eigenvalue weighted by Crippen LogP contribution is -2.38. The van der Waals surface area contributed by atoms with E-state index in [1.54, 1.807) is 25.3 Å². The van der Waals surface area contributed by atoms with Gasteiger partial charge >= 0.3 is 0 Å². The molecule has 1 amide bonds. The number of carbonyl (C=O) groups is 1. The third-order valence-corrected chi connectivity index (χ3v) is 4.13. The standard InChI is InChI=1S/C13H16ClNO2S/c1-17-12-3-2-11(14)8-10(12)9-13(16)15-4-6-18-7-5-15/h2-3,8H,4-7,9H2,1H3. The molecule has 0 spiro atoms. The van der Waals surface area contributed by atoms with Crippen LogP contribution in [0, 0.1) is 0 Å². The van der Waals surface area contributed by atoms with Gasteiger partial charge in [0.2, 0.25) is 5.91 Å². The zero-order valence-electron chi connectivity index (χ0n) is 10.3. The first-order valence-electron chi connectivity index (χ1n) is 5.88. The lowest BCUT2D eigenvalue weighted by molar-refractivity contribution is -0.130. The van der Waals surface area contributed by atoms with E-state index < -0.39 is 0 Å². The van der Waals surface area contributed by atoms with E-state index in [0.29, 0.717) is 11.4 Å². The Morgan fingerprint density at radius 1 is 1.44 bits per heavy atom. The van der Waals surface area contributed by atoms with Gasteiger partial charge in [0.1, 0.15) is 5.75 Å².